The molecule has 0 saturated carbocycles. The summed E-state index contributed by atoms with van der Waals surface area (Å²) in [7, 11) is 4.23. The number of likely N-dealkylation sites (N-methyl/N-ethyl adjacent to an activating group) is 1. The molecule has 0 fully saturated rings. The molecular formula is C16H24N4S. The van der Waals surface area contributed by atoms with Crippen LogP contribution in [0.5, 0.6) is 0 Å². The minimum Gasteiger partial charge on any atom is -0.308 e. The van der Waals surface area contributed by atoms with Crippen molar-refractivity contribution >= 4 is 17.5 Å². The van der Waals surface area contributed by atoms with Gasteiger partial charge in [-0.1, -0.05) is 12.6 Å². The van der Waals surface area contributed by atoms with Crippen LogP contribution in [0.25, 0.3) is 6.20 Å². The van der Waals surface area contributed by atoms with Crippen molar-refractivity contribution in [2.45, 2.75) is 20.0 Å². The third-order valence-electron chi connectivity index (χ3n) is 3.54. The molecule has 0 atom stereocenters. The Labute approximate surface area is 131 Å². The molecule has 0 N–H and O–H groups in total. The highest BCUT2D eigenvalue weighted by atomic mass is 32.1. The molecule has 2 aromatic rings. The molecule has 0 aromatic carbocycles. The maximum atomic E-state index is 4.34. The first-order valence-electron chi connectivity index (χ1n) is 7.15. The summed E-state index contributed by atoms with van der Waals surface area (Å²) in [6, 6.07) is 4.32. The third kappa shape index (κ3) is 4.52. The van der Waals surface area contributed by atoms with E-state index >= 15 is 0 Å². The van der Waals surface area contributed by atoms with Crippen molar-refractivity contribution in [2.75, 3.05) is 27.2 Å². The van der Waals surface area contributed by atoms with Crippen LogP contribution in [0.3, 0.4) is 0 Å². The number of hydrogen-bond acceptors (Lipinski definition) is 4. The fourth-order valence-electron chi connectivity index (χ4n) is 2.22. The molecule has 0 amide bonds. The van der Waals surface area contributed by atoms with Gasteiger partial charge in [0.05, 0.1) is 6.20 Å². The largest absolute Gasteiger partial charge is 0.308 e. The molecule has 0 bridgehead atoms. The van der Waals surface area contributed by atoms with Crippen molar-refractivity contribution in [3.8, 4) is 0 Å². The Morgan fingerprint density at radius 2 is 2.14 bits per heavy atom. The standard InChI is InChI=1S/C16H24N4S/c1-5-20-14(2)15(11-17-20)12-19(9-8-18(3)4)13-16-7-6-10-21-16/h5-7,10-11H,1,8-9,12-13H2,2-4H3. The van der Waals surface area contributed by atoms with E-state index in [-0.39, 0.29) is 0 Å². The average molecular weight is 304 g/mol. The van der Waals surface area contributed by atoms with E-state index in [1.54, 1.807) is 6.20 Å². The minimum atomic E-state index is 0.922. The van der Waals surface area contributed by atoms with Crippen LogP contribution >= 0.6 is 11.3 Å². The SMILES string of the molecule is C=Cn1ncc(CN(CCN(C)C)Cc2cccs2)c1C. The van der Waals surface area contributed by atoms with Gasteiger partial charge in [-0.05, 0) is 32.5 Å². The predicted molar refractivity (Wildman–Crippen MR) is 90.3 cm³/mol. The molecule has 0 aliphatic heterocycles. The molecule has 2 rings (SSSR count). The molecule has 4 nitrogen and oxygen atoms in total. The van der Waals surface area contributed by atoms with Gasteiger partial charge in [0.1, 0.15) is 0 Å². The van der Waals surface area contributed by atoms with Gasteiger partial charge in [0.15, 0.2) is 0 Å². The molecule has 5 heteroatoms. The molecule has 2 heterocycles. The summed E-state index contributed by atoms with van der Waals surface area (Å²) in [5.41, 5.74) is 2.44. The highest BCUT2D eigenvalue weighted by Gasteiger charge is 2.12. The molecule has 0 radical (unpaired) electrons. The van der Waals surface area contributed by atoms with Crippen LogP contribution in [0.1, 0.15) is 16.1 Å². The summed E-state index contributed by atoms with van der Waals surface area (Å²) in [6.07, 6.45) is 3.70. The number of aromatic nitrogens is 2. The molecule has 0 aliphatic rings. The maximum Gasteiger partial charge on any atom is 0.0541 e. The van der Waals surface area contributed by atoms with Crippen molar-refractivity contribution in [1.82, 2.24) is 19.6 Å². The normalized spacial score (nSPS) is 11.5. The lowest BCUT2D eigenvalue weighted by Gasteiger charge is -2.23. The maximum absolute atomic E-state index is 4.34. The highest BCUT2D eigenvalue weighted by molar-refractivity contribution is 7.09. The lowest BCUT2D eigenvalue weighted by atomic mass is 10.2. The Bertz CT molecular complexity index is 557. The number of nitrogens with zero attached hydrogens (tertiary/aromatic N) is 4. The predicted octanol–water partition coefficient (Wildman–Crippen LogP) is 2.92. The van der Waals surface area contributed by atoms with E-state index in [9.17, 15) is 0 Å². The van der Waals surface area contributed by atoms with Crippen molar-refractivity contribution < 1.29 is 0 Å². The average Bonchev–Trinajstić information content (AvgIpc) is 3.07. The lowest BCUT2D eigenvalue weighted by Crippen LogP contribution is -2.31. The van der Waals surface area contributed by atoms with E-state index in [2.05, 4.69) is 60.0 Å². The second-order valence-electron chi connectivity index (χ2n) is 5.48. The van der Waals surface area contributed by atoms with Gasteiger partial charge in [0.25, 0.3) is 0 Å². The van der Waals surface area contributed by atoms with E-state index in [0.29, 0.717) is 0 Å². The monoisotopic (exact) mass is 304 g/mol. The first-order chi connectivity index (χ1) is 10.1. The van der Waals surface area contributed by atoms with E-state index in [1.807, 2.05) is 22.2 Å². The van der Waals surface area contributed by atoms with E-state index in [4.69, 9.17) is 0 Å². The zero-order valence-electron chi connectivity index (χ0n) is 13.1. The van der Waals surface area contributed by atoms with Crippen LogP contribution in [0.15, 0.2) is 30.3 Å². The summed E-state index contributed by atoms with van der Waals surface area (Å²) < 4.78 is 1.84. The van der Waals surface area contributed by atoms with Crippen LogP contribution in [-0.4, -0.2) is 46.8 Å². The first-order valence-corrected chi connectivity index (χ1v) is 8.03. The topological polar surface area (TPSA) is 24.3 Å². The molecule has 0 aliphatic carbocycles. The van der Waals surface area contributed by atoms with Crippen LogP contribution < -0.4 is 0 Å². The fourth-order valence-corrected chi connectivity index (χ4v) is 2.96. The lowest BCUT2D eigenvalue weighted by molar-refractivity contribution is 0.227. The fraction of sp³-hybridized carbons (Fsp3) is 0.438. The van der Waals surface area contributed by atoms with Gasteiger partial charge in [-0.2, -0.15) is 5.10 Å². The summed E-state index contributed by atoms with van der Waals surface area (Å²) in [4.78, 5) is 6.10. The Balaban J connectivity index is 2.06. The van der Waals surface area contributed by atoms with E-state index in [0.717, 1.165) is 26.2 Å². The zero-order chi connectivity index (χ0) is 15.2. The minimum absolute atomic E-state index is 0.922. The Morgan fingerprint density at radius 1 is 1.33 bits per heavy atom. The van der Waals surface area contributed by atoms with Gasteiger partial charge in [-0.25, -0.2) is 4.68 Å². The van der Waals surface area contributed by atoms with E-state index < -0.39 is 0 Å². The Hall–Kier alpha value is -1.43. The van der Waals surface area contributed by atoms with Crippen LogP contribution in [0, 0.1) is 6.92 Å². The third-order valence-corrected chi connectivity index (χ3v) is 4.40. The molecule has 114 valence electrons. The van der Waals surface area contributed by atoms with Gasteiger partial charge < -0.3 is 4.90 Å². The van der Waals surface area contributed by atoms with E-state index in [1.165, 1.54) is 16.1 Å². The number of thiophene rings is 1. The van der Waals surface area contributed by atoms with Crippen molar-refractivity contribution in [1.29, 1.82) is 0 Å². The Kier molecular flexibility index (Phi) is 5.73. The molecule has 0 spiro atoms. The van der Waals surface area contributed by atoms with Gasteiger partial charge >= 0.3 is 0 Å². The zero-order valence-corrected chi connectivity index (χ0v) is 13.9. The van der Waals surface area contributed by atoms with Gasteiger partial charge in [0.2, 0.25) is 0 Å². The number of hydrogen-bond donors (Lipinski definition) is 0. The highest BCUT2D eigenvalue weighted by Crippen LogP contribution is 2.16. The van der Waals surface area contributed by atoms with Crippen molar-refractivity contribution in [3.05, 3.63) is 46.4 Å². The quantitative estimate of drug-likeness (QED) is 0.749. The van der Waals surface area contributed by atoms with Crippen molar-refractivity contribution in [2.24, 2.45) is 0 Å². The van der Waals surface area contributed by atoms with Crippen LogP contribution in [0.2, 0.25) is 0 Å². The first kappa shape index (κ1) is 15.9. The molecule has 0 saturated heterocycles. The second-order valence-corrected chi connectivity index (χ2v) is 6.51. The van der Waals surface area contributed by atoms with Crippen LogP contribution in [0.4, 0.5) is 0 Å². The van der Waals surface area contributed by atoms with Crippen molar-refractivity contribution in [3.63, 3.8) is 0 Å². The molecule has 0 unspecified atom stereocenters. The molecule has 2 aromatic heterocycles. The summed E-state index contributed by atoms with van der Waals surface area (Å²) >= 11 is 1.82. The smallest absolute Gasteiger partial charge is 0.0541 e. The second kappa shape index (κ2) is 7.54. The summed E-state index contributed by atoms with van der Waals surface area (Å²) in [6.45, 7) is 9.90. The van der Waals surface area contributed by atoms with Gasteiger partial charge in [-0.15, -0.1) is 11.3 Å². The molecular weight excluding hydrogens is 280 g/mol. The van der Waals surface area contributed by atoms with Gasteiger partial charge in [0, 0.05) is 48.5 Å². The van der Waals surface area contributed by atoms with Crippen LogP contribution in [-0.2, 0) is 13.1 Å². The number of rotatable bonds is 8. The summed E-state index contributed by atoms with van der Waals surface area (Å²) in [5, 5.41) is 6.48. The summed E-state index contributed by atoms with van der Waals surface area (Å²) in [5.74, 6) is 0. The Morgan fingerprint density at radius 3 is 2.71 bits per heavy atom. The van der Waals surface area contributed by atoms with Gasteiger partial charge in [-0.3, -0.25) is 4.90 Å². The molecule has 21 heavy (non-hydrogen) atoms.